The fourth-order valence-electron chi connectivity index (χ4n) is 2.79. The maximum Gasteiger partial charge on any atom is 0.261 e. The Morgan fingerprint density at radius 1 is 0.931 bits per heavy atom. The lowest BCUT2D eigenvalue weighted by molar-refractivity contribution is 0.0785. The molecule has 0 heterocycles. The Labute approximate surface area is 170 Å². The van der Waals surface area contributed by atoms with Gasteiger partial charge in [-0.25, -0.2) is 8.42 Å². The van der Waals surface area contributed by atoms with Gasteiger partial charge in [-0.15, -0.1) is 0 Å². The van der Waals surface area contributed by atoms with Gasteiger partial charge in [-0.2, -0.15) is 0 Å². The second-order valence-electron chi connectivity index (χ2n) is 6.51. The number of amides is 1. The third kappa shape index (κ3) is 5.14. The average molecular weight is 410 g/mol. The van der Waals surface area contributed by atoms with Crippen LogP contribution in [0.15, 0.2) is 83.8 Å². The van der Waals surface area contributed by atoms with E-state index in [-0.39, 0.29) is 10.8 Å². The predicted octanol–water partition coefficient (Wildman–Crippen LogP) is 3.77. The Morgan fingerprint density at radius 3 is 2.14 bits per heavy atom. The van der Waals surface area contributed by atoms with E-state index in [1.807, 2.05) is 24.3 Å². The number of hydrogen-bond acceptors (Lipinski definition) is 4. The van der Waals surface area contributed by atoms with Gasteiger partial charge in [-0.1, -0.05) is 30.3 Å². The lowest BCUT2D eigenvalue weighted by Gasteiger charge is -2.18. The normalized spacial score (nSPS) is 11.0. The lowest BCUT2D eigenvalue weighted by Crippen LogP contribution is -2.26. The summed E-state index contributed by atoms with van der Waals surface area (Å²) in [4.78, 5) is 14.4. The molecule has 1 amide bonds. The van der Waals surface area contributed by atoms with Crippen LogP contribution in [0.4, 0.5) is 5.69 Å². The van der Waals surface area contributed by atoms with E-state index in [2.05, 4.69) is 4.72 Å². The largest absolute Gasteiger partial charge is 0.497 e. The molecule has 0 bridgehead atoms. The molecule has 0 unspecified atom stereocenters. The van der Waals surface area contributed by atoms with Crippen molar-refractivity contribution in [3.05, 3.63) is 90.0 Å². The highest BCUT2D eigenvalue weighted by Crippen LogP contribution is 2.18. The van der Waals surface area contributed by atoms with E-state index in [1.54, 1.807) is 61.5 Å². The number of sulfonamides is 1. The minimum absolute atomic E-state index is 0.154. The molecule has 0 saturated heterocycles. The molecule has 7 heteroatoms. The molecule has 6 nitrogen and oxygen atoms in total. The number of carbonyl (C=O) groups excluding carboxylic acids is 1. The second kappa shape index (κ2) is 8.79. The van der Waals surface area contributed by atoms with Gasteiger partial charge in [0.05, 0.1) is 12.0 Å². The van der Waals surface area contributed by atoms with Crippen molar-refractivity contribution in [3.63, 3.8) is 0 Å². The van der Waals surface area contributed by atoms with E-state index >= 15 is 0 Å². The lowest BCUT2D eigenvalue weighted by atomic mass is 10.1. The van der Waals surface area contributed by atoms with Gasteiger partial charge in [0.25, 0.3) is 15.9 Å². The maximum atomic E-state index is 12.7. The Bertz CT molecular complexity index is 1060. The molecule has 3 aromatic carbocycles. The van der Waals surface area contributed by atoms with Crippen LogP contribution in [0.2, 0.25) is 0 Å². The molecule has 0 radical (unpaired) electrons. The monoisotopic (exact) mass is 410 g/mol. The van der Waals surface area contributed by atoms with Crippen LogP contribution in [0.5, 0.6) is 5.75 Å². The molecule has 0 aliphatic heterocycles. The van der Waals surface area contributed by atoms with Crippen LogP contribution in [0.25, 0.3) is 0 Å². The van der Waals surface area contributed by atoms with Crippen molar-refractivity contribution < 1.29 is 17.9 Å². The maximum absolute atomic E-state index is 12.7. The van der Waals surface area contributed by atoms with E-state index < -0.39 is 10.0 Å². The molecule has 0 aliphatic carbocycles. The molecule has 0 aliphatic rings. The van der Waals surface area contributed by atoms with E-state index in [9.17, 15) is 13.2 Å². The number of methoxy groups -OCH3 is 1. The summed E-state index contributed by atoms with van der Waals surface area (Å²) < 4.78 is 32.4. The molecule has 0 atom stereocenters. The Kier molecular flexibility index (Phi) is 6.19. The summed E-state index contributed by atoms with van der Waals surface area (Å²) in [6.07, 6.45) is 0. The smallest absolute Gasteiger partial charge is 0.261 e. The molecule has 0 saturated carbocycles. The van der Waals surface area contributed by atoms with Gasteiger partial charge in [0.1, 0.15) is 5.75 Å². The van der Waals surface area contributed by atoms with Crippen LogP contribution in [-0.2, 0) is 16.6 Å². The highest BCUT2D eigenvalue weighted by molar-refractivity contribution is 7.92. The quantitative estimate of drug-likeness (QED) is 0.643. The van der Waals surface area contributed by atoms with E-state index in [1.165, 1.54) is 12.1 Å². The Balaban J connectivity index is 1.66. The minimum atomic E-state index is -3.66. The van der Waals surface area contributed by atoms with Crippen LogP contribution in [0.3, 0.4) is 0 Å². The third-order valence-corrected chi connectivity index (χ3v) is 5.76. The second-order valence-corrected chi connectivity index (χ2v) is 8.19. The van der Waals surface area contributed by atoms with Gasteiger partial charge in [0.2, 0.25) is 0 Å². The summed E-state index contributed by atoms with van der Waals surface area (Å²) in [5.41, 5.74) is 1.85. The number of anilines is 1. The first kappa shape index (κ1) is 20.4. The van der Waals surface area contributed by atoms with Crippen molar-refractivity contribution in [2.45, 2.75) is 11.4 Å². The summed E-state index contributed by atoms with van der Waals surface area (Å²) in [7, 11) is -0.339. The number of ether oxygens (including phenoxy) is 1. The molecule has 150 valence electrons. The van der Waals surface area contributed by atoms with Crippen molar-refractivity contribution in [2.75, 3.05) is 18.9 Å². The van der Waals surface area contributed by atoms with Gasteiger partial charge in [0, 0.05) is 24.8 Å². The molecule has 1 N–H and O–H groups in total. The number of nitrogens with zero attached hydrogens (tertiary/aromatic N) is 1. The highest BCUT2D eigenvalue weighted by atomic mass is 32.2. The SMILES string of the molecule is COc1ccc(CN(C)C(=O)c2ccc(NS(=O)(=O)c3ccccc3)cc2)cc1. The van der Waals surface area contributed by atoms with Crippen LogP contribution in [0, 0.1) is 0 Å². The fraction of sp³-hybridized carbons (Fsp3) is 0.136. The van der Waals surface area contributed by atoms with Gasteiger partial charge in [-0.05, 0) is 54.1 Å². The number of carbonyl (C=O) groups is 1. The zero-order valence-electron chi connectivity index (χ0n) is 16.2. The molecular formula is C22H22N2O4S. The average Bonchev–Trinajstić information content (AvgIpc) is 2.74. The zero-order chi connectivity index (χ0) is 20.9. The summed E-state index contributed by atoms with van der Waals surface area (Å²) in [5, 5.41) is 0. The number of rotatable bonds is 7. The summed E-state index contributed by atoms with van der Waals surface area (Å²) in [6.45, 7) is 0.450. The Hall–Kier alpha value is -3.32. The molecule has 3 rings (SSSR count). The van der Waals surface area contributed by atoms with Gasteiger partial charge < -0.3 is 9.64 Å². The van der Waals surface area contributed by atoms with Crippen LogP contribution >= 0.6 is 0 Å². The van der Waals surface area contributed by atoms with Crippen molar-refractivity contribution >= 4 is 21.6 Å². The van der Waals surface area contributed by atoms with E-state index in [0.29, 0.717) is 17.8 Å². The van der Waals surface area contributed by atoms with Gasteiger partial charge in [0.15, 0.2) is 0 Å². The summed E-state index contributed by atoms with van der Waals surface area (Å²) in [6, 6.07) is 22.0. The highest BCUT2D eigenvalue weighted by Gasteiger charge is 2.15. The van der Waals surface area contributed by atoms with Crippen LogP contribution in [0.1, 0.15) is 15.9 Å². The summed E-state index contributed by atoms with van der Waals surface area (Å²) >= 11 is 0. The first-order valence-electron chi connectivity index (χ1n) is 8.95. The predicted molar refractivity (Wildman–Crippen MR) is 112 cm³/mol. The molecule has 0 spiro atoms. The van der Waals surface area contributed by atoms with E-state index in [4.69, 9.17) is 4.74 Å². The molecule has 0 fully saturated rings. The van der Waals surface area contributed by atoms with Crippen molar-refractivity contribution in [1.29, 1.82) is 0 Å². The third-order valence-electron chi connectivity index (χ3n) is 4.36. The number of nitrogens with one attached hydrogen (secondary N) is 1. The number of hydrogen-bond donors (Lipinski definition) is 1. The first-order chi connectivity index (χ1) is 13.9. The van der Waals surface area contributed by atoms with Crippen molar-refractivity contribution in [2.24, 2.45) is 0 Å². The molecule has 0 aromatic heterocycles. The van der Waals surface area contributed by atoms with Crippen molar-refractivity contribution in [3.8, 4) is 5.75 Å². The molecular weight excluding hydrogens is 388 g/mol. The molecule has 3 aromatic rings. The standard InChI is InChI=1S/C22H22N2O4S/c1-24(16-17-8-14-20(28-2)15-9-17)22(25)18-10-12-19(13-11-18)23-29(26,27)21-6-4-3-5-7-21/h3-15,23H,16H2,1-2H3. The first-order valence-corrected chi connectivity index (χ1v) is 10.4. The molecule has 29 heavy (non-hydrogen) atoms. The fourth-order valence-corrected chi connectivity index (χ4v) is 3.87. The van der Waals surface area contributed by atoms with Gasteiger partial charge in [-0.3, -0.25) is 9.52 Å². The van der Waals surface area contributed by atoms with Crippen LogP contribution < -0.4 is 9.46 Å². The minimum Gasteiger partial charge on any atom is -0.497 e. The number of benzene rings is 3. The topological polar surface area (TPSA) is 75.7 Å². The van der Waals surface area contributed by atoms with Crippen molar-refractivity contribution in [1.82, 2.24) is 4.90 Å². The van der Waals surface area contributed by atoms with E-state index in [0.717, 1.165) is 11.3 Å². The van der Waals surface area contributed by atoms with Crippen LogP contribution in [-0.4, -0.2) is 33.4 Å². The van der Waals surface area contributed by atoms with Gasteiger partial charge >= 0.3 is 0 Å². The Morgan fingerprint density at radius 2 is 1.55 bits per heavy atom. The zero-order valence-corrected chi connectivity index (χ0v) is 17.0. The summed E-state index contributed by atoms with van der Waals surface area (Å²) in [5.74, 6) is 0.606.